The fourth-order valence-electron chi connectivity index (χ4n) is 2.82. The maximum absolute atomic E-state index is 11.1. The van der Waals surface area contributed by atoms with Crippen LogP contribution >= 0.6 is 11.3 Å². The molecule has 1 aliphatic heterocycles. The van der Waals surface area contributed by atoms with Gasteiger partial charge in [0.05, 0.1) is 12.2 Å². The molecule has 3 rings (SSSR count). The van der Waals surface area contributed by atoms with Crippen LogP contribution in [0, 0.1) is 0 Å². The van der Waals surface area contributed by atoms with Gasteiger partial charge in [0.2, 0.25) is 5.91 Å². The average molecular weight is 319 g/mol. The van der Waals surface area contributed by atoms with E-state index in [1.54, 1.807) is 0 Å². The second-order valence-electron chi connectivity index (χ2n) is 5.76. The van der Waals surface area contributed by atoms with E-state index in [1.165, 1.54) is 18.3 Å². The molecule has 0 aromatic carbocycles. The van der Waals surface area contributed by atoms with Gasteiger partial charge in [-0.3, -0.25) is 9.69 Å². The quantitative estimate of drug-likeness (QED) is 0.938. The Kier molecular flexibility index (Phi) is 4.54. The van der Waals surface area contributed by atoms with E-state index >= 15 is 0 Å². The van der Waals surface area contributed by atoms with E-state index in [0.29, 0.717) is 11.0 Å². The Bertz CT molecular complexity index is 642. The van der Waals surface area contributed by atoms with Crippen LogP contribution in [0.3, 0.4) is 0 Å². The van der Waals surface area contributed by atoms with E-state index in [-0.39, 0.29) is 5.91 Å². The molecule has 7 heteroatoms. The Labute approximate surface area is 134 Å². The third-order valence-corrected chi connectivity index (χ3v) is 4.87. The van der Waals surface area contributed by atoms with Gasteiger partial charge in [0, 0.05) is 37.7 Å². The number of anilines is 1. The second kappa shape index (κ2) is 6.58. The Balaban J connectivity index is 1.54. The van der Waals surface area contributed by atoms with Crippen molar-refractivity contribution in [3.63, 3.8) is 0 Å². The summed E-state index contributed by atoms with van der Waals surface area (Å²) in [5, 5.41) is 5.54. The van der Waals surface area contributed by atoms with Crippen molar-refractivity contribution >= 4 is 22.4 Å². The third kappa shape index (κ3) is 3.53. The van der Waals surface area contributed by atoms with Crippen molar-refractivity contribution in [2.45, 2.75) is 32.2 Å². The minimum absolute atomic E-state index is 0.0641. The molecule has 0 radical (unpaired) electrons. The molecule has 0 unspecified atom stereocenters. The highest BCUT2D eigenvalue weighted by atomic mass is 32.1. The molecule has 1 N–H and O–H groups in total. The third-order valence-electron chi connectivity index (χ3n) is 4.10. The predicted octanol–water partition coefficient (Wildman–Crippen LogP) is 2.21. The largest absolute Gasteiger partial charge is 0.337 e. The van der Waals surface area contributed by atoms with Crippen LogP contribution in [-0.2, 0) is 18.4 Å². The van der Waals surface area contributed by atoms with Crippen molar-refractivity contribution in [2.24, 2.45) is 7.05 Å². The number of amides is 1. The van der Waals surface area contributed by atoms with Gasteiger partial charge in [-0.15, -0.1) is 11.3 Å². The van der Waals surface area contributed by atoms with Crippen molar-refractivity contribution in [1.29, 1.82) is 0 Å². The van der Waals surface area contributed by atoms with Crippen LogP contribution in [0.4, 0.5) is 5.13 Å². The van der Waals surface area contributed by atoms with Crippen LogP contribution in [0.5, 0.6) is 0 Å². The molecule has 0 aliphatic carbocycles. The summed E-state index contributed by atoms with van der Waals surface area (Å²) in [6.07, 6.45) is 6.04. The SMILES string of the molecule is CC(=O)Nc1nc(C2CCN(Cc3nccn3C)CC2)cs1. The molecule has 2 aromatic rings. The number of carbonyl (C=O) groups is 1. The lowest BCUT2D eigenvalue weighted by Gasteiger charge is -2.30. The summed E-state index contributed by atoms with van der Waals surface area (Å²) in [7, 11) is 2.04. The standard InChI is InChI=1S/C15H21N5OS/c1-11(21)17-15-18-13(10-22-15)12-3-6-20(7-4-12)9-14-16-5-8-19(14)2/h5,8,10,12H,3-4,6-7,9H2,1-2H3,(H,17,18,21). The zero-order valence-corrected chi connectivity index (χ0v) is 13.8. The highest BCUT2D eigenvalue weighted by molar-refractivity contribution is 7.13. The van der Waals surface area contributed by atoms with Gasteiger partial charge in [-0.1, -0.05) is 0 Å². The van der Waals surface area contributed by atoms with E-state index in [0.717, 1.165) is 44.0 Å². The van der Waals surface area contributed by atoms with Gasteiger partial charge in [0.15, 0.2) is 5.13 Å². The highest BCUT2D eigenvalue weighted by Crippen LogP contribution is 2.30. The molecule has 1 fully saturated rings. The van der Waals surface area contributed by atoms with Gasteiger partial charge < -0.3 is 9.88 Å². The summed E-state index contributed by atoms with van der Waals surface area (Å²) in [6.45, 7) is 4.54. The zero-order valence-electron chi connectivity index (χ0n) is 13.0. The molecule has 1 amide bonds. The maximum Gasteiger partial charge on any atom is 0.223 e. The van der Waals surface area contributed by atoms with Crippen LogP contribution in [0.25, 0.3) is 0 Å². The Morgan fingerprint density at radius 1 is 1.45 bits per heavy atom. The molecule has 1 aliphatic rings. The molecule has 2 aromatic heterocycles. The monoisotopic (exact) mass is 319 g/mol. The van der Waals surface area contributed by atoms with E-state index < -0.39 is 0 Å². The number of thiazole rings is 1. The summed E-state index contributed by atoms with van der Waals surface area (Å²) in [5.41, 5.74) is 1.12. The lowest BCUT2D eigenvalue weighted by Crippen LogP contribution is -2.33. The highest BCUT2D eigenvalue weighted by Gasteiger charge is 2.23. The Morgan fingerprint density at radius 3 is 2.86 bits per heavy atom. The number of imidazole rings is 1. The molecule has 0 spiro atoms. The van der Waals surface area contributed by atoms with E-state index in [1.807, 2.05) is 19.4 Å². The number of nitrogens with one attached hydrogen (secondary N) is 1. The molecule has 6 nitrogen and oxygen atoms in total. The first kappa shape index (κ1) is 15.2. The summed E-state index contributed by atoms with van der Waals surface area (Å²) >= 11 is 1.51. The fourth-order valence-corrected chi connectivity index (χ4v) is 3.66. The molecule has 22 heavy (non-hydrogen) atoms. The van der Waals surface area contributed by atoms with Crippen molar-refractivity contribution in [3.05, 3.63) is 29.3 Å². The number of rotatable bonds is 4. The first-order valence-electron chi connectivity index (χ1n) is 7.53. The van der Waals surface area contributed by atoms with Crippen molar-refractivity contribution in [2.75, 3.05) is 18.4 Å². The number of hydrogen-bond donors (Lipinski definition) is 1. The zero-order chi connectivity index (χ0) is 15.5. The van der Waals surface area contributed by atoms with Crippen LogP contribution in [0.1, 0.15) is 37.2 Å². The lowest BCUT2D eigenvalue weighted by atomic mass is 9.94. The number of likely N-dealkylation sites (tertiary alicyclic amines) is 1. The molecular formula is C15H21N5OS. The Morgan fingerprint density at radius 2 is 2.23 bits per heavy atom. The first-order chi connectivity index (χ1) is 10.6. The molecule has 0 atom stereocenters. The van der Waals surface area contributed by atoms with E-state index in [4.69, 9.17) is 0 Å². The van der Waals surface area contributed by atoms with Crippen LogP contribution in [-0.4, -0.2) is 38.4 Å². The second-order valence-corrected chi connectivity index (χ2v) is 6.62. The smallest absolute Gasteiger partial charge is 0.223 e. The molecule has 3 heterocycles. The van der Waals surface area contributed by atoms with Crippen molar-refractivity contribution < 1.29 is 4.79 Å². The molecule has 118 valence electrons. The van der Waals surface area contributed by atoms with Gasteiger partial charge >= 0.3 is 0 Å². The summed E-state index contributed by atoms with van der Waals surface area (Å²) < 4.78 is 2.08. The topological polar surface area (TPSA) is 63.1 Å². The number of aryl methyl sites for hydroxylation is 1. The summed E-state index contributed by atoms with van der Waals surface area (Å²) in [5.74, 6) is 1.54. The predicted molar refractivity (Wildman–Crippen MR) is 86.9 cm³/mol. The maximum atomic E-state index is 11.1. The minimum atomic E-state index is -0.0641. The molecular weight excluding hydrogens is 298 g/mol. The van der Waals surface area contributed by atoms with Gasteiger partial charge in [-0.05, 0) is 25.9 Å². The lowest BCUT2D eigenvalue weighted by molar-refractivity contribution is -0.114. The van der Waals surface area contributed by atoms with E-state index in [9.17, 15) is 4.79 Å². The van der Waals surface area contributed by atoms with Crippen LogP contribution in [0.15, 0.2) is 17.8 Å². The molecule has 1 saturated heterocycles. The first-order valence-corrected chi connectivity index (χ1v) is 8.41. The number of aromatic nitrogens is 3. The van der Waals surface area contributed by atoms with Crippen LogP contribution < -0.4 is 5.32 Å². The van der Waals surface area contributed by atoms with E-state index in [2.05, 4.69) is 30.1 Å². The number of carbonyl (C=O) groups excluding carboxylic acids is 1. The minimum Gasteiger partial charge on any atom is -0.337 e. The number of piperidine rings is 1. The number of nitrogens with zero attached hydrogens (tertiary/aromatic N) is 4. The molecule has 0 saturated carbocycles. The van der Waals surface area contributed by atoms with Gasteiger partial charge in [0.25, 0.3) is 0 Å². The Hall–Kier alpha value is -1.73. The molecule has 0 bridgehead atoms. The number of hydrogen-bond acceptors (Lipinski definition) is 5. The summed E-state index contributed by atoms with van der Waals surface area (Å²) in [6, 6.07) is 0. The van der Waals surface area contributed by atoms with Gasteiger partial charge in [0.1, 0.15) is 5.82 Å². The van der Waals surface area contributed by atoms with Crippen molar-refractivity contribution in [3.8, 4) is 0 Å². The fraction of sp³-hybridized carbons (Fsp3) is 0.533. The van der Waals surface area contributed by atoms with Crippen LogP contribution in [0.2, 0.25) is 0 Å². The average Bonchev–Trinajstić information content (AvgIpc) is 3.09. The summed E-state index contributed by atoms with van der Waals surface area (Å²) in [4.78, 5) is 22.4. The van der Waals surface area contributed by atoms with Gasteiger partial charge in [-0.2, -0.15) is 0 Å². The normalized spacial score (nSPS) is 16.8. The van der Waals surface area contributed by atoms with Gasteiger partial charge in [-0.25, -0.2) is 9.97 Å². The van der Waals surface area contributed by atoms with Crippen molar-refractivity contribution in [1.82, 2.24) is 19.4 Å².